The third-order valence-electron chi connectivity index (χ3n) is 7.00. The van der Waals surface area contributed by atoms with Gasteiger partial charge in [0.2, 0.25) is 5.91 Å². The molecule has 1 fully saturated rings. The zero-order valence-corrected chi connectivity index (χ0v) is 20.1. The van der Waals surface area contributed by atoms with Crippen molar-refractivity contribution in [3.8, 4) is 0 Å². The number of allylic oxidation sites excluding steroid dienone is 2. The van der Waals surface area contributed by atoms with E-state index in [0.29, 0.717) is 13.0 Å². The van der Waals surface area contributed by atoms with Crippen LogP contribution in [-0.4, -0.2) is 27.9 Å². The van der Waals surface area contributed by atoms with E-state index in [0.717, 1.165) is 24.8 Å². The van der Waals surface area contributed by atoms with Gasteiger partial charge >= 0.3 is 0 Å². The van der Waals surface area contributed by atoms with E-state index in [1.54, 1.807) is 17.1 Å². The molecule has 1 atom stereocenters. The second-order valence-corrected chi connectivity index (χ2v) is 9.55. The first-order chi connectivity index (χ1) is 16.1. The van der Waals surface area contributed by atoms with Crippen LogP contribution in [0.25, 0.3) is 0 Å². The average molecular weight is 450 g/mol. The van der Waals surface area contributed by atoms with Gasteiger partial charge in [-0.05, 0) is 36.3 Å². The Hall–Kier alpha value is -2.49. The van der Waals surface area contributed by atoms with Gasteiger partial charge in [-0.2, -0.15) is 0 Å². The summed E-state index contributed by atoms with van der Waals surface area (Å²) in [6, 6.07) is 9.77. The number of β-lactam (4-membered cyclic amide) rings is 1. The Morgan fingerprint density at radius 3 is 1.94 bits per heavy atom. The molecule has 1 spiro atoms. The summed E-state index contributed by atoms with van der Waals surface area (Å²) in [5, 5.41) is 0. The number of ketones is 2. The van der Waals surface area contributed by atoms with E-state index in [1.165, 1.54) is 63.5 Å². The van der Waals surface area contributed by atoms with Crippen molar-refractivity contribution in [2.24, 2.45) is 5.92 Å². The Kier molecular flexibility index (Phi) is 9.65. The van der Waals surface area contributed by atoms with Gasteiger partial charge in [0.15, 0.2) is 5.78 Å². The van der Waals surface area contributed by atoms with E-state index in [-0.39, 0.29) is 17.5 Å². The van der Waals surface area contributed by atoms with Crippen LogP contribution in [0.1, 0.15) is 89.5 Å². The molecule has 1 saturated heterocycles. The molecular formula is C29H39NO3. The van der Waals surface area contributed by atoms with Crippen LogP contribution in [-0.2, 0) is 20.9 Å². The summed E-state index contributed by atoms with van der Waals surface area (Å²) in [5.74, 6) is -0.930. The van der Waals surface area contributed by atoms with Crippen molar-refractivity contribution in [2.75, 3.05) is 0 Å². The zero-order chi connectivity index (χ0) is 23.5. The summed E-state index contributed by atoms with van der Waals surface area (Å²) in [6.45, 7) is 2.68. The Morgan fingerprint density at radius 1 is 0.818 bits per heavy atom. The van der Waals surface area contributed by atoms with Crippen LogP contribution in [0.5, 0.6) is 0 Å². The first-order valence-electron chi connectivity index (χ1n) is 12.9. The maximum atomic E-state index is 13.0. The molecule has 0 radical (unpaired) electrons. The van der Waals surface area contributed by atoms with Crippen molar-refractivity contribution >= 4 is 17.5 Å². The Labute approximate surface area is 199 Å². The molecule has 0 saturated carbocycles. The van der Waals surface area contributed by atoms with Crippen LogP contribution in [0.3, 0.4) is 0 Å². The normalized spacial score (nSPS) is 18.7. The van der Waals surface area contributed by atoms with Crippen LogP contribution in [0.4, 0.5) is 0 Å². The molecule has 2 aliphatic rings. The molecule has 0 N–H and O–H groups in total. The third kappa shape index (κ3) is 6.52. The van der Waals surface area contributed by atoms with E-state index < -0.39 is 11.5 Å². The lowest BCUT2D eigenvalue weighted by atomic mass is 9.68. The highest BCUT2D eigenvalue weighted by atomic mass is 16.2. The van der Waals surface area contributed by atoms with Crippen LogP contribution >= 0.6 is 0 Å². The fourth-order valence-corrected chi connectivity index (χ4v) is 5.03. The first kappa shape index (κ1) is 25.1. The van der Waals surface area contributed by atoms with Gasteiger partial charge in [-0.25, -0.2) is 0 Å². The third-order valence-corrected chi connectivity index (χ3v) is 7.00. The standard InChI is InChI=1S/C29H39NO3/c1-2-3-4-5-6-7-8-9-10-11-15-18-26(32)27-28(33)30(23-24-16-13-12-14-17-24)29(27)21-19-25(31)20-22-29/h12-14,16-17,19-22,27H,2-11,15,18,23H2,1H3. The fourth-order valence-electron chi connectivity index (χ4n) is 5.03. The van der Waals surface area contributed by atoms with Gasteiger partial charge in [-0.3, -0.25) is 14.4 Å². The van der Waals surface area contributed by atoms with E-state index in [4.69, 9.17) is 0 Å². The molecule has 178 valence electrons. The largest absolute Gasteiger partial charge is 0.324 e. The van der Waals surface area contributed by atoms with Crippen molar-refractivity contribution in [1.29, 1.82) is 0 Å². The highest BCUT2D eigenvalue weighted by Gasteiger charge is 2.60. The first-order valence-corrected chi connectivity index (χ1v) is 12.9. The molecule has 1 aliphatic carbocycles. The Balaban J connectivity index is 1.44. The molecule has 4 nitrogen and oxygen atoms in total. The minimum atomic E-state index is -0.796. The van der Waals surface area contributed by atoms with Gasteiger partial charge in [0.05, 0.1) is 5.54 Å². The lowest BCUT2D eigenvalue weighted by molar-refractivity contribution is -0.166. The zero-order valence-electron chi connectivity index (χ0n) is 20.1. The molecule has 1 aromatic carbocycles. The number of amides is 1. The van der Waals surface area contributed by atoms with Crippen LogP contribution in [0.15, 0.2) is 54.6 Å². The molecule has 1 amide bonds. The number of carbonyl (C=O) groups excluding carboxylic acids is 3. The summed E-state index contributed by atoms with van der Waals surface area (Å²) in [7, 11) is 0. The minimum absolute atomic E-state index is 0.00360. The molecule has 0 bridgehead atoms. The van der Waals surface area contributed by atoms with Crippen LogP contribution in [0.2, 0.25) is 0 Å². The molecule has 4 heteroatoms. The Morgan fingerprint density at radius 2 is 1.36 bits per heavy atom. The molecule has 33 heavy (non-hydrogen) atoms. The topological polar surface area (TPSA) is 54.5 Å². The van der Waals surface area contributed by atoms with Crippen molar-refractivity contribution in [3.05, 3.63) is 60.2 Å². The van der Waals surface area contributed by atoms with Gasteiger partial charge in [0.25, 0.3) is 0 Å². The quantitative estimate of drug-likeness (QED) is 0.178. The van der Waals surface area contributed by atoms with Gasteiger partial charge in [-0.1, -0.05) is 101 Å². The predicted molar refractivity (Wildman–Crippen MR) is 133 cm³/mol. The average Bonchev–Trinajstić information content (AvgIpc) is 2.83. The summed E-state index contributed by atoms with van der Waals surface area (Å²) in [5.41, 5.74) is 0.218. The van der Waals surface area contributed by atoms with E-state index in [2.05, 4.69) is 6.92 Å². The number of rotatable bonds is 15. The van der Waals surface area contributed by atoms with Crippen molar-refractivity contribution in [1.82, 2.24) is 4.90 Å². The molecule has 0 aromatic heterocycles. The number of benzene rings is 1. The van der Waals surface area contributed by atoms with Crippen LogP contribution in [0, 0.1) is 5.92 Å². The SMILES string of the molecule is CCCCCCCCCCCCCC(=O)C1C(=O)N(Cc2ccccc2)C12C=CC(=O)C=C2. The fraction of sp³-hybridized carbons (Fsp3) is 0.552. The number of likely N-dealkylation sites (tertiary alicyclic amines) is 1. The number of nitrogens with zero attached hydrogens (tertiary/aromatic N) is 1. The smallest absolute Gasteiger partial charge is 0.237 e. The van der Waals surface area contributed by atoms with Gasteiger partial charge < -0.3 is 4.90 Å². The monoisotopic (exact) mass is 449 g/mol. The summed E-state index contributed by atoms with van der Waals surface area (Å²) >= 11 is 0. The van der Waals surface area contributed by atoms with Crippen molar-refractivity contribution in [3.63, 3.8) is 0 Å². The highest BCUT2D eigenvalue weighted by molar-refractivity contribution is 6.11. The van der Waals surface area contributed by atoms with Crippen molar-refractivity contribution < 1.29 is 14.4 Å². The molecular weight excluding hydrogens is 410 g/mol. The number of hydrogen-bond acceptors (Lipinski definition) is 3. The maximum Gasteiger partial charge on any atom is 0.237 e. The summed E-state index contributed by atoms with van der Waals surface area (Å²) in [6.07, 6.45) is 20.5. The van der Waals surface area contributed by atoms with E-state index in [9.17, 15) is 14.4 Å². The van der Waals surface area contributed by atoms with E-state index >= 15 is 0 Å². The van der Waals surface area contributed by atoms with Gasteiger partial charge in [0, 0.05) is 13.0 Å². The number of unbranched alkanes of at least 4 members (excludes halogenated alkanes) is 10. The highest BCUT2D eigenvalue weighted by Crippen LogP contribution is 2.44. The summed E-state index contributed by atoms with van der Waals surface area (Å²) in [4.78, 5) is 39.5. The maximum absolute atomic E-state index is 13.0. The predicted octanol–water partition coefficient (Wildman–Crippen LogP) is 6.35. The number of carbonyl (C=O) groups is 3. The van der Waals surface area contributed by atoms with Gasteiger partial charge in [-0.15, -0.1) is 0 Å². The molecule has 1 aromatic rings. The molecule has 3 rings (SSSR count). The molecule has 1 heterocycles. The molecule has 1 aliphatic heterocycles. The number of Topliss-reactive ketones (excluding diaryl/α,β-unsaturated/α-hetero) is 1. The summed E-state index contributed by atoms with van der Waals surface area (Å²) < 4.78 is 0. The minimum Gasteiger partial charge on any atom is -0.324 e. The van der Waals surface area contributed by atoms with Gasteiger partial charge in [0.1, 0.15) is 11.7 Å². The van der Waals surface area contributed by atoms with Crippen LogP contribution < -0.4 is 0 Å². The molecule has 1 unspecified atom stereocenters. The van der Waals surface area contributed by atoms with Crippen molar-refractivity contribution in [2.45, 2.75) is 96.1 Å². The van der Waals surface area contributed by atoms with E-state index in [1.807, 2.05) is 30.3 Å². The lowest BCUT2D eigenvalue weighted by Gasteiger charge is -2.54. The Bertz CT molecular complexity index is 839. The number of hydrogen-bond donors (Lipinski definition) is 0. The second kappa shape index (κ2) is 12.7. The second-order valence-electron chi connectivity index (χ2n) is 9.55. The lowest BCUT2D eigenvalue weighted by Crippen LogP contribution is -2.71.